The van der Waals surface area contributed by atoms with E-state index in [1.54, 1.807) is 0 Å². The first-order valence-corrected chi connectivity index (χ1v) is 8.00. The quantitative estimate of drug-likeness (QED) is 0.716. The number of amides is 1. The van der Waals surface area contributed by atoms with Gasteiger partial charge in [-0.15, -0.1) is 0 Å². The molecular formula is C19H16F2N4O. The minimum absolute atomic E-state index is 0.115. The summed E-state index contributed by atoms with van der Waals surface area (Å²) in [5, 5.41) is 5.46. The van der Waals surface area contributed by atoms with Crippen molar-refractivity contribution in [3.63, 3.8) is 0 Å². The molecule has 5 nitrogen and oxygen atoms in total. The van der Waals surface area contributed by atoms with Crippen LogP contribution in [-0.2, 0) is 6.42 Å². The lowest BCUT2D eigenvalue weighted by atomic mass is 10.1. The van der Waals surface area contributed by atoms with Crippen LogP contribution >= 0.6 is 0 Å². The SMILES string of the molecule is CCc1ccccc1Nc1ncc(C(=O)Nc2ccc(F)cc2F)cn1. The highest BCUT2D eigenvalue weighted by Crippen LogP contribution is 2.19. The Kier molecular flexibility index (Phi) is 5.17. The number of hydrogen-bond acceptors (Lipinski definition) is 4. The van der Waals surface area contributed by atoms with Gasteiger partial charge in [0.2, 0.25) is 5.95 Å². The fourth-order valence-corrected chi connectivity index (χ4v) is 2.37. The Bertz CT molecular complexity index is 929. The summed E-state index contributed by atoms with van der Waals surface area (Å²) >= 11 is 0. The van der Waals surface area contributed by atoms with E-state index in [1.165, 1.54) is 12.4 Å². The van der Waals surface area contributed by atoms with E-state index in [2.05, 4.69) is 20.6 Å². The molecule has 0 aliphatic carbocycles. The highest BCUT2D eigenvalue weighted by Gasteiger charge is 2.11. The molecule has 0 spiro atoms. The first-order chi connectivity index (χ1) is 12.6. The number of aryl methyl sites for hydroxylation is 1. The number of anilines is 3. The van der Waals surface area contributed by atoms with Crippen LogP contribution in [0.15, 0.2) is 54.9 Å². The Labute approximate surface area is 149 Å². The van der Waals surface area contributed by atoms with E-state index in [-0.39, 0.29) is 11.3 Å². The van der Waals surface area contributed by atoms with E-state index >= 15 is 0 Å². The Balaban J connectivity index is 1.71. The zero-order valence-corrected chi connectivity index (χ0v) is 14.0. The summed E-state index contributed by atoms with van der Waals surface area (Å²) in [6, 6.07) is 10.7. The van der Waals surface area contributed by atoms with Crippen molar-refractivity contribution in [1.82, 2.24) is 9.97 Å². The van der Waals surface area contributed by atoms with Crippen LogP contribution in [0.3, 0.4) is 0 Å². The third kappa shape index (κ3) is 4.00. The Morgan fingerprint density at radius 2 is 1.77 bits per heavy atom. The van der Waals surface area contributed by atoms with E-state index in [4.69, 9.17) is 0 Å². The molecule has 132 valence electrons. The average Bonchev–Trinajstić information content (AvgIpc) is 2.65. The molecule has 0 unspecified atom stereocenters. The van der Waals surface area contributed by atoms with Gasteiger partial charge in [0.1, 0.15) is 11.6 Å². The van der Waals surface area contributed by atoms with Gasteiger partial charge in [-0.1, -0.05) is 25.1 Å². The van der Waals surface area contributed by atoms with Crippen LogP contribution in [0, 0.1) is 11.6 Å². The third-order valence-electron chi connectivity index (χ3n) is 3.74. The zero-order chi connectivity index (χ0) is 18.5. The second-order valence-electron chi connectivity index (χ2n) is 5.51. The Morgan fingerprint density at radius 3 is 2.46 bits per heavy atom. The normalized spacial score (nSPS) is 10.4. The summed E-state index contributed by atoms with van der Waals surface area (Å²) in [6.45, 7) is 2.05. The summed E-state index contributed by atoms with van der Waals surface area (Å²) in [4.78, 5) is 20.4. The number of para-hydroxylation sites is 1. The first kappa shape index (κ1) is 17.5. The number of aromatic nitrogens is 2. The van der Waals surface area contributed by atoms with Crippen LogP contribution in [0.1, 0.15) is 22.8 Å². The van der Waals surface area contributed by atoms with Crippen molar-refractivity contribution in [2.24, 2.45) is 0 Å². The monoisotopic (exact) mass is 354 g/mol. The van der Waals surface area contributed by atoms with Crippen molar-refractivity contribution in [1.29, 1.82) is 0 Å². The molecule has 1 aromatic heterocycles. The number of hydrogen-bond donors (Lipinski definition) is 2. The lowest BCUT2D eigenvalue weighted by molar-refractivity contribution is 0.102. The number of carbonyl (C=O) groups is 1. The standard InChI is InChI=1S/C19H16F2N4O/c1-2-12-5-3-4-6-16(12)25-19-22-10-13(11-23-19)18(26)24-17-8-7-14(20)9-15(17)21/h3-11H,2H2,1H3,(H,24,26)(H,22,23,25). The molecule has 0 aliphatic heterocycles. The van der Waals surface area contributed by atoms with Crippen molar-refractivity contribution in [3.8, 4) is 0 Å². The van der Waals surface area contributed by atoms with Gasteiger partial charge in [0, 0.05) is 24.1 Å². The van der Waals surface area contributed by atoms with Crippen molar-refractivity contribution < 1.29 is 13.6 Å². The van der Waals surface area contributed by atoms with E-state index in [0.717, 1.165) is 29.8 Å². The summed E-state index contributed by atoms with van der Waals surface area (Å²) in [7, 11) is 0. The molecule has 7 heteroatoms. The van der Waals surface area contributed by atoms with Gasteiger partial charge in [0.25, 0.3) is 5.91 Å². The van der Waals surface area contributed by atoms with Crippen LogP contribution in [0.5, 0.6) is 0 Å². The molecule has 0 aliphatic rings. The van der Waals surface area contributed by atoms with Crippen molar-refractivity contribution in [3.05, 3.63) is 77.6 Å². The van der Waals surface area contributed by atoms with Crippen molar-refractivity contribution >= 4 is 23.2 Å². The van der Waals surface area contributed by atoms with Gasteiger partial charge in [0.05, 0.1) is 11.3 Å². The number of nitrogens with zero attached hydrogens (tertiary/aromatic N) is 2. The number of rotatable bonds is 5. The molecule has 0 atom stereocenters. The molecule has 1 heterocycles. The predicted octanol–water partition coefficient (Wildman–Crippen LogP) is 4.31. The molecular weight excluding hydrogens is 338 g/mol. The highest BCUT2D eigenvalue weighted by molar-refractivity contribution is 6.03. The molecule has 26 heavy (non-hydrogen) atoms. The lowest BCUT2D eigenvalue weighted by Gasteiger charge is -2.10. The second-order valence-corrected chi connectivity index (χ2v) is 5.51. The molecule has 0 fully saturated rings. The zero-order valence-electron chi connectivity index (χ0n) is 14.0. The maximum absolute atomic E-state index is 13.6. The van der Waals surface area contributed by atoms with Gasteiger partial charge in [-0.3, -0.25) is 4.79 Å². The largest absolute Gasteiger partial charge is 0.324 e. The molecule has 0 saturated heterocycles. The topological polar surface area (TPSA) is 66.9 Å². The molecule has 3 rings (SSSR count). The minimum atomic E-state index is -0.853. The van der Waals surface area contributed by atoms with Gasteiger partial charge in [0.15, 0.2) is 0 Å². The summed E-state index contributed by atoms with van der Waals surface area (Å²) in [5.41, 5.74) is 2.05. The Morgan fingerprint density at radius 1 is 1.04 bits per heavy atom. The molecule has 2 N–H and O–H groups in total. The number of benzene rings is 2. The molecule has 1 amide bonds. The second kappa shape index (κ2) is 7.69. The van der Waals surface area contributed by atoms with Gasteiger partial charge in [-0.25, -0.2) is 18.7 Å². The van der Waals surface area contributed by atoms with E-state index < -0.39 is 17.5 Å². The maximum Gasteiger partial charge on any atom is 0.258 e. The molecule has 0 radical (unpaired) electrons. The maximum atomic E-state index is 13.6. The van der Waals surface area contributed by atoms with Gasteiger partial charge in [-0.2, -0.15) is 0 Å². The van der Waals surface area contributed by atoms with Crippen molar-refractivity contribution in [2.75, 3.05) is 10.6 Å². The fraction of sp³-hybridized carbons (Fsp3) is 0.105. The van der Waals surface area contributed by atoms with Gasteiger partial charge < -0.3 is 10.6 Å². The number of nitrogens with one attached hydrogen (secondary N) is 2. The molecule has 0 saturated carbocycles. The first-order valence-electron chi connectivity index (χ1n) is 8.00. The van der Waals surface area contributed by atoms with Crippen LogP contribution in [0.25, 0.3) is 0 Å². The summed E-state index contributed by atoms with van der Waals surface area (Å²) in [6.07, 6.45) is 3.52. The molecule has 2 aromatic carbocycles. The minimum Gasteiger partial charge on any atom is -0.324 e. The molecule has 3 aromatic rings. The van der Waals surface area contributed by atoms with Crippen LogP contribution in [0.4, 0.5) is 26.1 Å². The van der Waals surface area contributed by atoms with Gasteiger partial charge >= 0.3 is 0 Å². The predicted molar refractivity (Wildman–Crippen MR) is 95.4 cm³/mol. The van der Waals surface area contributed by atoms with Crippen molar-refractivity contribution in [2.45, 2.75) is 13.3 Å². The third-order valence-corrected chi connectivity index (χ3v) is 3.74. The average molecular weight is 354 g/mol. The van der Waals surface area contributed by atoms with E-state index in [0.29, 0.717) is 12.0 Å². The molecule has 0 bridgehead atoms. The summed E-state index contributed by atoms with van der Waals surface area (Å²) in [5.74, 6) is -1.81. The van der Waals surface area contributed by atoms with Crippen LogP contribution in [-0.4, -0.2) is 15.9 Å². The lowest BCUT2D eigenvalue weighted by Crippen LogP contribution is -2.14. The number of carbonyl (C=O) groups excluding carboxylic acids is 1. The van der Waals surface area contributed by atoms with Gasteiger partial charge in [-0.05, 0) is 30.2 Å². The van der Waals surface area contributed by atoms with E-state index in [1.807, 2.05) is 31.2 Å². The van der Waals surface area contributed by atoms with Crippen LogP contribution in [0.2, 0.25) is 0 Å². The number of halogens is 2. The van der Waals surface area contributed by atoms with E-state index in [9.17, 15) is 13.6 Å². The summed E-state index contributed by atoms with van der Waals surface area (Å²) < 4.78 is 26.5. The smallest absolute Gasteiger partial charge is 0.258 e. The van der Waals surface area contributed by atoms with Crippen LogP contribution < -0.4 is 10.6 Å². The Hall–Kier alpha value is -3.35. The highest BCUT2D eigenvalue weighted by atomic mass is 19.1. The fourth-order valence-electron chi connectivity index (χ4n) is 2.37.